The topological polar surface area (TPSA) is 245 Å². The number of allylic oxidation sites excluding steroid dienone is 2. The second-order valence-corrected chi connectivity index (χ2v) is 11.8. The number of fused-ring (bicyclic) bond motifs is 2. The number of methoxy groups -OCH3 is 1. The van der Waals surface area contributed by atoms with Crippen molar-refractivity contribution in [2.45, 2.75) is 13.1 Å². The highest BCUT2D eigenvalue weighted by Gasteiger charge is 2.23. The van der Waals surface area contributed by atoms with E-state index in [1.807, 2.05) is 0 Å². The largest absolute Gasteiger partial charge is 0.506 e. The van der Waals surface area contributed by atoms with E-state index in [0.29, 0.717) is 11.0 Å². The van der Waals surface area contributed by atoms with E-state index < -0.39 is 23.6 Å². The van der Waals surface area contributed by atoms with Crippen molar-refractivity contribution in [3.8, 4) is 11.5 Å². The van der Waals surface area contributed by atoms with Crippen molar-refractivity contribution in [2.75, 3.05) is 17.7 Å². The summed E-state index contributed by atoms with van der Waals surface area (Å²) in [6, 6.07) is 8.30. The number of hydrogen-bond acceptors (Lipinski definition) is 10. The lowest BCUT2D eigenvalue weighted by Gasteiger charge is -2.11. The number of phenols is 1. The number of aromatic hydroxyl groups is 1. The van der Waals surface area contributed by atoms with E-state index in [-0.39, 0.29) is 80.3 Å². The second-order valence-electron chi connectivity index (χ2n) is 11.1. The molecule has 0 saturated heterocycles. The van der Waals surface area contributed by atoms with E-state index in [2.05, 4.69) is 30.8 Å². The summed E-state index contributed by atoms with van der Waals surface area (Å²) in [5, 5.41) is 24.6. The molecule has 0 fully saturated rings. The predicted octanol–water partition coefficient (Wildman–Crippen LogP) is 2.83. The fourth-order valence-corrected chi connectivity index (χ4v) is 5.88. The minimum absolute atomic E-state index is 0.0138. The zero-order chi connectivity index (χ0) is 36.7. The van der Waals surface area contributed by atoms with E-state index >= 15 is 0 Å². The van der Waals surface area contributed by atoms with Gasteiger partial charge in [-0.05, 0) is 24.3 Å². The number of rotatable bonds is 11. The van der Waals surface area contributed by atoms with Gasteiger partial charge in [-0.1, -0.05) is 35.4 Å². The van der Waals surface area contributed by atoms with Gasteiger partial charge in [0.1, 0.15) is 33.9 Å². The lowest BCUT2D eigenvalue weighted by atomic mass is 10.1. The smallest absolute Gasteiger partial charge is 0.276 e. The van der Waals surface area contributed by atoms with Gasteiger partial charge in [-0.3, -0.25) is 39.2 Å². The third kappa shape index (κ3) is 6.64. The van der Waals surface area contributed by atoms with Crippen LogP contribution < -0.4 is 26.8 Å². The molecule has 4 heterocycles. The molecule has 7 N–H and O–H groups in total. The SMILES string of the molecule is COc1cc(C(N)=O)cc2nc(NC(=O)c3cc(Cl)nn3C)n(C/C=C/Cn3c(NC(=O)c4cc(Cl)nn4C)nc4cc(C(N)=O)cc(O)c43)c12. The van der Waals surface area contributed by atoms with Crippen molar-refractivity contribution >= 4 is 80.8 Å². The monoisotopic (exact) mass is 734 g/mol. The number of ether oxygens (including phenoxy) is 1. The molecule has 0 atom stereocenters. The van der Waals surface area contributed by atoms with Crippen molar-refractivity contribution < 1.29 is 29.0 Å². The Morgan fingerprint density at radius 2 is 1.22 bits per heavy atom. The van der Waals surface area contributed by atoms with Crippen molar-refractivity contribution in [1.82, 2.24) is 38.7 Å². The van der Waals surface area contributed by atoms with Crippen LogP contribution in [0.4, 0.5) is 11.9 Å². The summed E-state index contributed by atoms with van der Waals surface area (Å²) >= 11 is 12.0. The maximum absolute atomic E-state index is 13.2. The fourth-order valence-electron chi connectivity index (χ4n) is 5.44. The van der Waals surface area contributed by atoms with E-state index in [4.69, 9.17) is 39.4 Å². The maximum atomic E-state index is 13.2. The van der Waals surface area contributed by atoms with Crippen LogP contribution >= 0.6 is 23.2 Å². The number of aromatic nitrogens is 8. The summed E-state index contributed by atoms with van der Waals surface area (Å²) in [4.78, 5) is 59.4. The van der Waals surface area contributed by atoms with Crippen LogP contribution in [-0.2, 0) is 27.2 Å². The van der Waals surface area contributed by atoms with Crippen LogP contribution in [0, 0.1) is 0 Å². The van der Waals surface area contributed by atoms with Crippen molar-refractivity contribution in [3.63, 3.8) is 0 Å². The van der Waals surface area contributed by atoms with Gasteiger partial charge in [0, 0.05) is 50.4 Å². The summed E-state index contributed by atoms with van der Waals surface area (Å²) in [7, 11) is 4.52. The minimum Gasteiger partial charge on any atom is -0.506 e. The van der Waals surface area contributed by atoms with Gasteiger partial charge in [0.25, 0.3) is 11.8 Å². The fraction of sp³-hybridized carbons (Fsp3) is 0.161. The normalized spacial score (nSPS) is 11.5. The first-order chi connectivity index (χ1) is 24.2. The maximum Gasteiger partial charge on any atom is 0.276 e. The van der Waals surface area contributed by atoms with Gasteiger partial charge < -0.3 is 30.4 Å². The van der Waals surface area contributed by atoms with E-state index in [1.54, 1.807) is 30.8 Å². The van der Waals surface area contributed by atoms with Crippen LogP contribution in [0.5, 0.6) is 11.5 Å². The molecule has 0 saturated carbocycles. The molecule has 18 nitrogen and oxygen atoms in total. The molecular formula is C31H28Cl2N12O6. The summed E-state index contributed by atoms with van der Waals surface area (Å²) in [6.07, 6.45) is 3.44. The van der Waals surface area contributed by atoms with Gasteiger partial charge in [0.05, 0.1) is 18.1 Å². The van der Waals surface area contributed by atoms with Crippen molar-refractivity contribution in [2.24, 2.45) is 25.6 Å². The Bertz CT molecular complexity index is 2440. The highest BCUT2D eigenvalue weighted by molar-refractivity contribution is 6.30. The number of hydrogen-bond donors (Lipinski definition) is 5. The molecule has 4 aromatic heterocycles. The highest BCUT2D eigenvalue weighted by atomic mass is 35.5. The molecular weight excluding hydrogens is 707 g/mol. The van der Waals surface area contributed by atoms with Crippen LogP contribution in [0.15, 0.2) is 48.6 Å². The molecule has 0 radical (unpaired) electrons. The molecule has 2 aromatic carbocycles. The number of nitrogens with one attached hydrogen (secondary N) is 2. The number of nitrogens with zero attached hydrogens (tertiary/aromatic N) is 8. The number of halogens is 2. The zero-order valence-electron chi connectivity index (χ0n) is 27.0. The lowest BCUT2D eigenvalue weighted by molar-refractivity contribution is 0.0991. The molecule has 0 aliphatic rings. The number of carbonyl (C=O) groups is 4. The van der Waals surface area contributed by atoms with Gasteiger partial charge in [-0.2, -0.15) is 10.2 Å². The molecule has 0 aliphatic carbocycles. The third-order valence-corrected chi connectivity index (χ3v) is 8.15. The Hall–Kier alpha value is -6.40. The quantitative estimate of drug-likeness (QED) is 0.122. The average molecular weight is 736 g/mol. The summed E-state index contributed by atoms with van der Waals surface area (Å²) in [5.41, 5.74) is 12.6. The number of benzene rings is 2. The number of nitrogens with two attached hydrogens (primary N) is 2. The summed E-state index contributed by atoms with van der Waals surface area (Å²) in [5.74, 6) is -2.53. The molecule has 0 unspecified atom stereocenters. The first-order valence-electron chi connectivity index (χ1n) is 14.8. The van der Waals surface area contributed by atoms with E-state index in [9.17, 15) is 24.3 Å². The van der Waals surface area contributed by atoms with Crippen LogP contribution in [0.3, 0.4) is 0 Å². The van der Waals surface area contributed by atoms with Crippen LogP contribution in [0.1, 0.15) is 41.7 Å². The Kier molecular flexibility index (Phi) is 9.11. The molecule has 0 bridgehead atoms. The Morgan fingerprint density at radius 3 is 1.65 bits per heavy atom. The zero-order valence-corrected chi connectivity index (χ0v) is 28.5. The van der Waals surface area contributed by atoms with Gasteiger partial charge in [-0.25, -0.2) is 9.97 Å². The van der Waals surface area contributed by atoms with E-state index in [1.165, 1.54) is 57.4 Å². The van der Waals surface area contributed by atoms with Crippen LogP contribution in [0.2, 0.25) is 10.3 Å². The molecule has 6 rings (SSSR count). The van der Waals surface area contributed by atoms with Gasteiger partial charge in [0.2, 0.25) is 23.7 Å². The number of carbonyl (C=O) groups excluding carboxylic acids is 4. The molecule has 20 heteroatoms. The predicted molar refractivity (Wildman–Crippen MR) is 186 cm³/mol. The molecule has 262 valence electrons. The van der Waals surface area contributed by atoms with Gasteiger partial charge in [-0.15, -0.1) is 0 Å². The first kappa shape index (κ1) is 34.5. The standard InChI is InChI=1S/C31H28Cl2N12O6/c1-42-18(12-22(32)40-42)28(49)38-30-36-16-8-14(26(34)47)10-20(46)24(16)44(30)6-4-5-7-45-25-17(9-15(27(35)48)11-21(25)51-3)37-31(45)39-29(50)19-13-23(33)41-43(19)2/h4-5,8-13,46H,6-7H2,1-3H3,(H2,34,47)(H2,35,48)(H,36,38,49)(H,37,39,50)/b5-4+. The summed E-state index contributed by atoms with van der Waals surface area (Å²) < 4.78 is 11.3. The lowest BCUT2D eigenvalue weighted by Crippen LogP contribution is -2.19. The van der Waals surface area contributed by atoms with Crippen molar-refractivity contribution in [1.29, 1.82) is 0 Å². The number of primary amides is 2. The molecule has 4 amide bonds. The van der Waals surface area contributed by atoms with Gasteiger partial charge >= 0.3 is 0 Å². The van der Waals surface area contributed by atoms with Gasteiger partial charge in [0.15, 0.2) is 10.3 Å². The molecule has 6 aromatic rings. The molecule has 0 spiro atoms. The number of anilines is 2. The molecule has 51 heavy (non-hydrogen) atoms. The third-order valence-electron chi connectivity index (χ3n) is 7.78. The van der Waals surface area contributed by atoms with Crippen LogP contribution in [0.25, 0.3) is 22.1 Å². The number of aryl methyl sites for hydroxylation is 2. The Labute approximate surface area is 297 Å². The minimum atomic E-state index is -0.780. The number of imidazole rings is 2. The Morgan fingerprint density at radius 1 is 0.765 bits per heavy atom. The average Bonchev–Trinajstić information content (AvgIpc) is 3.80. The first-order valence-corrected chi connectivity index (χ1v) is 15.6. The molecule has 0 aliphatic heterocycles. The second kappa shape index (κ2) is 13.5. The summed E-state index contributed by atoms with van der Waals surface area (Å²) in [6.45, 7) is 0.150. The highest BCUT2D eigenvalue weighted by Crippen LogP contribution is 2.32. The number of amides is 4. The van der Waals surface area contributed by atoms with Crippen LogP contribution in [-0.4, -0.2) is 74.5 Å². The Balaban J connectivity index is 1.38. The number of phenolic OH excluding ortho intramolecular Hbond substituents is 1. The van der Waals surface area contributed by atoms with Crippen molar-refractivity contribution in [3.05, 3.63) is 81.4 Å². The van der Waals surface area contributed by atoms with E-state index in [0.717, 1.165) is 0 Å².